The van der Waals surface area contributed by atoms with Crippen molar-refractivity contribution in [2.45, 2.75) is 18.9 Å². The molecule has 0 aromatic heterocycles. The molecular formula is C18H21NO2. The van der Waals surface area contributed by atoms with E-state index in [1.54, 1.807) is 7.11 Å². The lowest BCUT2D eigenvalue weighted by Crippen LogP contribution is -2.24. The Morgan fingerprint density at radius 2 is 1.95 bits per heavy atom. The molecule has 3 rings (SSSR count). The van der Waals surface area contributed by atoms with Crippen LogP contribution in [-0.2, 0) is 17.6 Å². The van der Waals surface area contributed by atoms with Gasteiger partial charge in [-0.05, 0) is 29.7 Å². The van der Waals surface area contributed by atoms with Gasteiger partial charge in [-0.15, -0.1) is 0 Å². The number of fused-ring (bicyclic) bond motifs is 1. The minimum atomic E-state index is 0.206. The molecule has 0 bridgehead atoms. The van der Waals surface area contributed by atoms with Gasteiger partial charge in [-0.1, -0.05) is 36.4 Å². The van der Waals surface area contributed by atoms with Crippen molar-refractivity contribution in [3.63, 3.8) is 0 Å². The van der Waals surface area contributed by atoms with Crippen LogP contribution in [0, 0.1) is 0 Å². The minimum absolute atomic E-state index is 0.206. The Hall–Kier alpha value is -2.00. The third-order valence-electron chi connectivity index (χ3n) is 3.83. The van der Waals surface area contributed by atoms with Crippen LogP contribution in [0.5, 0.6) is 5.75 Å². The van der Waals surface area contributed by atoms with Crippen molar-refractivity contribution < 1.29 is 9.47 Å². The van der Waals surface area contributed by atoms with Gasteiger partial charge in [0.2, 0.25) is 0 Å². The molecular weight excluding hydrogens is 262 g/mol. The van der Waals surface area contributed by atoms with Crippen molar-refractivity contribution in [2.75, 3.05) is 25.6 Å². The predicted molar refractivity (Wildman–Crippen MR) is 85.1 cm³/mol. The fraction of sp³-hybridized carbons (Fsp3) is 0.333. The van der Waals surface area contributed by atoms with Crippen LogP contribution >= 0.6 is 0 Å². The molecule has 1 aliphatic rings. The van der Waals surface area contributed by atoms with Crippen molar-refractivity contribution in [1.29, 1.82) is 0 Å². The maximum atomic E-state index is 5.96. The molecule has 1 unspecified atom stereocenters. The Morgan fingerprint density at radius 3 is 2.81 bits per heavy atom. The first-order valence-electron chi connectivity index (χ1n) is 7.42. The van der Waals surface area contributed by atoms with Crippen LogP contribution in [0.15, 0.2) is 48.5 Å². The summed E-state index contributed by atoms with van der Waals surface area (Å²) in [6, 6.07) is 16.7. The van der Waals surface area contributed by atoms with Crippen molar-refractivity contribution in [2.24, 2.45) is 0 Å². The van der Waals surface area contributed by atoms with Crippen molar-refractivity contribution in [3.05, 3.63) is 59.7 Å². The molecule has 0 fully saturated rings. The summed E-state index contributed by atoms with van der Waals surface area (Å²) in [5.74, 6) is 1.02. The zero-order valence-corrected chi connectivity index (χ0v) is 12.3. The van der Waals surface area contributed by atoms with Crippen molar-refractivity contribution in [3.8, 4) is 5.75 Å². The van der Waals surface area contributed by atoms with Gasteiger partial charge in [-0.3, -0.25) is 0 Å². The Bertz CT molecular complexity index is 572. The highest BCUT2D eigenvalue weighted by Crippen LogP contribution is 2.28. The zero-order chi connectivity index (χ0) is 14.5. The summed E-state index contributed by atoms with van der Waals surface area (Å²) in [6.07, 6.45) is 2.10. The van der Waals surface area contributed by atoms with Crippen LogP contribution in [0.25, 0.3) is 0 Å². The number of hydrogen-bond donors (Lipinski definition) is 1. The Balaban J connectivity index is 1.59. The molecule has 2 aromatic rings. The third kappa shape index (κ3) is 3.37. The maximum Gasteiger partial charge on any atom is 0.123 e. The second kappa shape index (κ2) is 6.64. The number of para-hydroxylation sites is 2. The van der Waals surface area contributed by atoms with Crippen LogP contribution in [0.3, 0.4) is 0 Å². The lowest BCUT2D eigenvalue weighted by atomic mass is 10.1. The average Bonchev–Trinajstić information content (AvgIpc) is 2.94. The smallest absolute Gasteiger partial charge is 0.123 e. The maximum absolute atomic E-state index is 5.96. The Morgan fingerprint density at radius 1 is 1.14 bits per heavy atom. The van der Waals surface area contributed by atoms with Gasteiger partial charge in [0.15, 0.2) is 0 Å². The molecule has 0 saturated heterocycles. The summed E-state index contributed by atoms with van der Waals surface area (Å²) in [7, 11) is 1.74. The standard InChI is InChI=1S/C18H21NO2/c1-20-11-10-14-6-2-4-8-17(14)19-13-16-12-15-7-3-5-9-18(15)21-16/h2-9,16,19H,10-13H2,1H3. The number of rotatable bonds is 6. The lowest BCUT2D eigenvalue weighted by Gasteiger charge is -2.15. The summed E-state index contributed by atoms with van der Waals surface area (Å²) < 4.78 is 11.1. The SMILES string of the molecule is COCCc1ccccc1NCC1Cc2ccccc2O1. The van der Waals surface area contributed by atoms with Gasteiger partial charge in [-0.2, -0.15) is 0 Å². The van der Waals surface area contributed by atoms with E-state index in [2.05, 4.69) is 41.7 Å². The van der Waals surface area contributed by atoms with Crippen molar-refractivity contribution in [1.82, 2.24) is 0 Å². The van der Waals surface area contributed by atoms with E-state index in [1.807, 2.05) is 12.1 Å². The summed E-state index contributed by atoms with van der Waals surface area (Å²) in [5, 5.41) is 3.52. The fourth-order valence-electron chi connectivity index (χ4n) is 2.71. The van der Waals surface area contributed by atoms with Crippen LogP contribution < -0.4 is 10.1 Å². The first-order valence-corrected chi connectivity index (χ1v) is 7.42. The summed E-state index contributed by atoms with van der Waals surface area (Å²) >= 11 is 0. The van der Waals surface area contributed by atoms with Gasteiger partial charge < -0.3 is 14.8 Å². The normalized spacial score (nSPS) is 16.3. The van der Waals surface area contributed by atoms with E-state index in [0.29, 0.717) is 0 Å². The zero-order valence-electron chi connectivity index (χ0n) is 12.3. The summed E-state index contributed by atoms with van der Waals surface area (Å²) in [4.78, 5) is 0. The average molecular weight is 283 g/mol. The minimum Gasteiger partial charge on any atom is -0.488 e. The fourth-order valence-corrected chi connectivity index (χ4v) is 2.71. The van der Waals surface area contributed by atoms with Crippen molar-refractivity contribution >= 4 is 5.69 Å². The number of hydrogen-bond acceptors (Lipinski definition) is 3. The second-order valence-electron chi connectivity index (χ2n) is 5.33. The number of methoxy groups -OCH3 is 1. The van der Waals surface area contributed by atoms with Gasteiger partial charge in [0.25, 0.3) is 0 Å². The van der Waals surface area contributed by atoms with E-state index >= 15 is 0 Å². The van der Waals surface area contributed by atoms with Crippen LogP contribution in [0.2, 0.25) is 0 Å². The first kappa shape index (κ1) is 14.0. The van der Waals surface area contributed by atoms with E-state index < -0.39 is 0 Å². The second-order valence-corrected chi connectivity index (χ2v) is 5.33. The third-order valence-corrected chi connectivity index (χ3v) is 3.83. The predicted octanol–water partition coefficient (Wildman–Crippen LogP) is 3.29. The molecule has 0 radical (unpaired) electrons. The monoisotopic (exact) mass is 283 g/mol. The van der Waals surface area contributed by atoms with E-state index in [-0.39, 0.29) is 6.10 Å². The highest BCUT2D eigenvalue weighted by atomic mass is 16.5. The van der Waals surface area contributed by atoms with Gasteiger partial charge in [0.1, 0.15) is 11.9 Å². The van der Waals surface area contributed by atoms with Crippen LogP contribution in [0.1, 0.15) is 11.1 Å². The molecule has 0 aliphatic carbocycles. The van der Waals surface area contributed by atoms with Gasteiger partial charge in [0.05, 0.1) is 13.2 Å². The highest BCUT2D eigenvalue weighted by molar-refractivity contribution is 5.51. The molecule has 0 saturated carbocycles. The Labute approximate surface area is 125 Å². The molecule has 0 amide bonds. The highest BCUT2D eigenvalue weighted by Gasteiger charge is 2.21. The van der Waals surface area contributed by atoms with E-state index in [4.69, 9.17) is 9.47 Å². The number of anilines is 1. The molecule has 110 valence electrons. The van der Waals surface area contributed by atoms with Gasteiger partial charge >= 0.3 is 0 Å². The molecule has 1 N–H and O–H groups in total. The van der Waals surface area contributed by atoms with E-state index in [1.165, 1.54) is 16.8 Å². The number of ether oxygens (including phenoxy) is 2. The Kier molecular flexibility index (Phi) is 4.41. The summed E-state index contributed by atoms with van der Waals surface area (Å²) in [5.41, 5.74) is 3.76. The molecule has 21 heavy (non-hydrogen) atoms. The molecule has 0 spiro atoms. The topological polar surface area (TPSA) is 30.5 Å². The quantitative estimate of drug-likeness (QED) is 0.882. The largest absolute Gasteiger partial charge is 0.488 e. The summed E-state index contributed by atoms with van der Waals surface area (Å²) in [6.45, 7) is 1.56. The molecule has 1 heterocycles. The van der Waals surface area contributed by atoms with Gasteiger partial charge in [-0.25, -0.2) is 0 Å². The molecule has 3 heteroatoms. The molecule has 2 aromatic carbocycles. The van der Waals surface area contributed by atoms with Crippen LogP contribution in [-0.4, -0.2) is 26.4 Å². The van der Waals surface area contributed by atoms with E-state index in [0.717, 1.165) is 31.7 Å². The molecule has 1 aliphatic heterocycles. The first-order chi connectivity index (χ1) is 10.4. The lowest BCUT2D eigenvalue weighted by molar-refractivity contribution is 0.202. The molecule has 1 atom stereocenters. The molecule has 3 nitrogen and oxygen atoms in total. The van der Waals surface area contributed by atoms with Crippen LogP contribution in [0.4, 0.5) is 5.69 Å². The number of benzene rings is 2. The number of nitrogens with one attached hydrogen (secondary N) is 1. The van der Waals surface area contributed by atoms with Gasteiger partial charge in [0, 0.05) is 19.2 Å². The van der Waals surface area contributed by atoms with E-state index in [9.17, 15) is 0 Å².